The van der Waals surface area contributed by atoms with Gasteiger partial charge in [-0.3, -0.25) is 4.90 Å². The Kier molecular flexibility index (Phi) is 8.03. The fourth-order valence-corrected chi connectivity index (χ4v) is 2.72. The summed E-state index contributed by atoms with van der Waals surface area (Å²) in [4.78, 5) is 2.62. The molecule has 20 heavy (non-hydrogen) atoms. The first-order valence-electron chi connectivity index (χ1n) is 8.08. The third-order valence-electron chi connectivity index (χ3n) is 4.63. The van der Waals surface area contributed by atoms with Crippen molar-refractivity contribution in [2.75, 3.05) is 46.6 Å². The number of nitrogens with one attached hydrogen (secondary N) is 1. The van der Waals surface area contributed by atoms with Crippen LogP contribution in [0.1, 0.15) is 40.5 Å². The van der Waals surface area contributed by atoms with Crippen LogP contribution < -0.4 is 5.32 Å². The number of ether oxygens (including phenoxy) is 2. The number of methoxy groups -OCH3 is 1. The molecule has 0 aromatic rings. The quantitative estimate of drug-likeness (QED) is 0.659. The highest BCUT2D eigenvalue weighted by atomic mass is 16.5. The van der Waals surface area contributed by atoms with Crippen LogP contribution in [-0.2, 0) is 9.47 Å². The Morgan fingerprint density at radius 2 is 2.05 bits per heavy atom. The molecule has 120 valence electrons. The molecule has 1 aliphatic heterocycles. The van der Waals surface area contributed by atoms with Crippen molar-refractivity contribution in [3.63, 3.8) is 0 Å². The molecule has 0 spiro atoms. The van der Waals surface area contributed by atoms with E-state index in [0.29, 0.717) is 12.0 Å². The lowest BCUT2D eigenvalue weighted by Gasteiger charge is -2.49. The lowest BCUT2D eigenvalue weighted by atomic mass is 9.89. The second-order valence-corrected chi connectivity index (χ2v) is 6.49. The van der Waals surface area contributed by atoms with Crippen LogP contribution in [0.3, 0.4) is 0 Å². The van der Waals surface area contributed by atoms with E-state index in [2.05, 4.69) is 37.9 Å². The first-order chi connectivity index (χ1) is 9.53. The standard InChI is InChI=1S/C16H34N2O2/c1-6-16(4)13-17-15(14(2)3)12-18(16)8-11-20-10-7-9-19-5/h14-15,17H,6-13H2,1-5H3. The molecule has 0 bridgehead atoms. The lowest BCUT2D eigenvalue weighted by molar-refractivity contribution is 0.00773. The van der Waals surface area contributed by atoms with Gasteiger partial charge in [-0.25, -0.2) is 0 Å². The summed E-state index contributed by atoms with van der Waals surface area (Å²) in [6.07, 6.45) is 2.16. The highest BCUT2D eigenvalue weighted by molar-refractivity contribution is 4.95. The van der Waals surface area contributed by atoms with E-state index in [9.17, 15) is 0 Å². The Hall–Kier alpha value is -0.160. The van der Waals surface area contributed by atoms with E-state index in [-0.39, 0.29) is 5.54 Å². The van der Waals surface area contributed by atoms with E-state index in [1.807, 2.05) is 0 Å². The number of rotatable bonds is 9. The van der Waals surface area contributed by atoms with Gasteiger partial charge in [0.25, 0.3) is 0 Å². The van der Waals surface area contributed by atoms with E-state index in [0.717, 1.165) is 45.9 Å². The van der Waals surface area contributed by atoms with Crippen molar-refractivity contribution in [1.82, 2.24) is 10.2 Å². The summed E-state index contributed by atoms with van der Waals surface area (Å²) >= 11 is 0. The summed E-state index contributed by atoms with van der Waals surface area (Å²) in [6, 6.07) is 0.600. The van der Waals surface area contributed by atoms with E-state index in [4.69, 9.17) is 9.47 Å². The van der Waals surface area contributed by atoms with Crippen LogP contribution in [0.25, 0.3) is 0 Å². The molecule has 1 fully saturated rings. The van der Waals surface area contributed by atoms with Crippen LogP contribution in [0, 0.1) is 5.92 Å². The molecule has 2 unspecified atom stereocenters. The molecule has 0 aromatic heterocycles. The second kappa shape index (κ2) is 8.98. The number of nitrogens with zero attached hydrogens (tertiary/aromatic N) is 1. The molecular formula is C16H34N2O2. The highest BCUT2D eigenvalue weighted by Gasteiger charge is 2.36. The third-order valence-corrected chi connectivity index (χ3v) is 4.63. The van der Waals surface area contributed by atoms with E-state index in [1.54, 1.807) is 7.11 Å². The molecule has 4 nitrogen and oxygen atoms in total. The second-order valence-electron chi connectivity index (χ2n) is 6.49. The summed E-state index contributed by atoms with van der Waals surface area (Å²) in [6.45, 7) is 14.9. The summed E-state index contributed by atoms with van der Waals surface area (Å²) in [5.41, 5.74) is 0.265. The van der Waals surface area contributed by atoms with Crippen LogP contribution in [0.5, 0.6) is 0 Å². The van der Waals surface area contributed by atoms with Crippen molar-refractivity contribution in [2.24, 2.45) is 5.92 Å². The zero-order chi connectivity index (χ0) is 15.0. The summed E-state index contributed by atoms with van der Waals surface area (Å²) in [7, 11) is 1.74. The molecule has 0 amide bonds. The maximum atomic E-state index is 5.73. The molecule has 1 aliphatic rings. The predicted molar refractivity (Wildman–Crippen MR) is 84.2 cm³/mol. The SMILES string of the molecule is CCC1(C)CNC(C(C)C)CN1CCOCCCOC. The Morgan fingerprint density at radius 3 is 2.65 bits per heavy atom. The average molecular weight is 286 g/mol. The summed E-state index contributed by atoms with van der Waals surface area (Å²) in [5, 5.41) is 3.71. The maximum Gasteiger partial charge on any atom is 0.0593 e. The average Bonchev–Trinajstić information content (AvgIpc) is 2.44. The Morgan fingerprint density at radius 1 is 1.30 bits per heavy atom. The van der Waals surface area contributed by atoms with E-state index >= 15 is 0 Å². The van der Waals surface area contributed by atoms with Gasteiger partial charge in [-0.2, -0.15) is 0 Å². The molecule has 1 N–H and O–H groups in total. The van der Waals surface area contributed by atoms with E-state index < -0.39 is 0 Å². The molecule has 0 aromatic carbocycles. The van der Waals surface area contributed by atoms with Crippen molar-refractivity contribution in [3.8, 4) is 0 Å². The Bertz CT molecular complexity index is 261. The van der Waals surface area contributed by atoms with Crippen LogP contribution in [-0.4, -0.2) is 63.0 Å². The summed E-state index contributed by atoms with van der Waals surface area (Å²) < 4.78 is 10.8. The van der Waals surface area contributed by atoms with Gasteiger partial charge in [0.2, 0.25) is 0 Å². The largest absolute Gasteiger partial charge is 0.385 e. The van der Waals surface area contributed by atoms with Crippen molar-refractivity contribution in [1.29, 1.82) is 0 Å². The van der Waals surface area contributed by atoms with Crippen LogP contribution in [0.15, 0.2) is 0 Å². The van der Waals surface area contributed by atoms with Gasteiger partial charge in [-0.15, -0.1) is 0 Å². The molecule has 1 heterocycles. The van der Waals surface area contributed by atoms with Gasteiger partial charge in [0.1, 0.15) is 0 Å². The minimum atomic E-state index is 0.265. The molecule has 1 rings (SSSR count). The minimum Gasteiger partial charge on any atom is -0.385 e. The molecular weight excluding hydrogens is 252 g/mol. The van der Waals surface area contributed by atoms with Gasteiger partial charge < -0.3 is 14.8 Å². The van der Waals surface area contributed by atoms with E-state index in [1.165, 1.54) is 6.42 Å². The van der Waals surface area contributed by atoms with Gasteiger partial charge >= 0.3 is 0 Å². The molecule has 0 radical (unpaired) electrons. The van der Waals surface area contributed by atoms with Gasteiger partial charge in [-0.05, 0) is 25.7 Å². The topological polar surface area (TPSA) is 33.7 Å². The molecule has 2 atom stereocenters. The first-order valence-corrected chi connectivity index (χ1v) is 8.08. The predicted octanol–water partition coefficient (Wildman–Crippen LogP) is 2.14. The summed E-state index contributed by atoms with van der Waals surface area (Å²) in [5.74, 6) is 0.682. The minimum absolute atomic E-state index is 0.265. The van der Waals surface area contributed by atoms with Crippen molar-refractivity contribution < 1.29 is 9.47 Å². The molecule has 1 saturated heterocycles. The van der Waals surface area contributed by atoms with Crippen molar-refractivity contribution >= 4 is 0 Å². The number of piperazine rings is 1. The highest BCUT2D eigenvalue weighted by Crippen LogP contribution is 2.24. The number of hydrogen-bond acceptors (Lipinski definition) is 4. The van der Waals surface area contributed by atoms with Gasteiger partial charge in [0.15, 0.2) is 0 Å². The molecule has 0 aliphatic carbocycles. The van der Waals surface area contributed by atoms with Gasteiger partial charge in [-0.1, -0.05) is 20.8 Å². The Balaban J connectivity index is 2.37. The van der Waals surface area contributed by atoms with Crippen LogP contribution in [0.2, 0.25) is 0 Å². The first kappa shape index (κ1) is 17.9. The lowest BCUT2D eigenvalue weighted by Crippen LogP contribution is -2.64. The third kappa shape index (κ3) is 5.32. The smallest absolute Gasteiger partial charge is 0.0593 e. The van der Waals surface area contributed by atoms with Crippen molar-refractivity contribution in [3.05, 3.63) is 0 Å². The Labute approximate surface area is 125 Å². The zero-order valence-corrected chi connectivity index (χ0v) is 14.1. The fourth-order valence-electron chi connectivity index (χ4n) is 2.72. The fraction of sp³-hybridized carbons (Fsp3) is 1.00. The van der Waals surface area contributed by atoms with Crippen molar-refractivity contribution in [2.45, 2.75) is 52.1 Å². The normalized spacial score (nSPS) is 28.2. The number of hydrogen-bond donors (Lipinski definition) is 1. The monoisotopic (exact) mass is 286 g/mol. The zero-order valence-electron chi connectivity index (χ0n) is 14.1. The molecule has 4 heteroatoms. The van der Waals surface area contributed by atoms with Crippen LogP contribution >= 0.6 is 0 Å². The molecule has 0 saturated carbocycles. The van der Waals surface area contributed by atoms with Gasteiger partial charge in [0.05, 0.1) is 6.61 Å². The maximum absolute atomic E-state index is 5.73. The van der Waals surface area contributed by atoms with Gasteiger partial charge in [0, 0.05) is 51.5 Å². The van der Waals surface area contributed by atoms with Crippen LogP contribution in [0.4, 0.5) is 0 Å².